The minimum Gasteiger partial charge on any atom is -0.476 e. The van der Waals surface area contributed by atoms with Gasteiger partial charge in [0.1, 0.15) is 5.82 Å². The molecule has 1 spiro atoms. The summed E-state index contributed by atoms with van der Waals surface area (Å²) in [6.45, 7) is 12.1. The molecule has 5 heterocycles. The molecule has 10 rings (SSSR count). The number of para-hydroxylation sites is 1. The van der Waals surface area contributed by atoms with Gasteiger partial charge < -0.3 is 20.2 Å². The van der Waals surface area contributed by atoms with E-state index in [0.29, 0.717) is 45.4 Å². The summed E-state index contributed by atoms with van der Waals surface area (Å²) >= 11 is 1.59. The van der Waals surface area contributed by atoms with E-state index in [9.17, 15) is 9.90 Å². The Kier molecular flexibility index (Phi) is 7.89. The molecule has 4 fully saturated rings. The molecule has 56 heavy (non-hydrogen) atoms. The van der Waals surface area contributed by atoms with Crippen LogP contribution in [0.1, 0.15) is 98.9 Å². The molecule has 5 unspecified atom stereocenters. The van der Waals surface area contributed by atoms with Crippen LogP contribution in [0.3, 0.4) is 0 Å². The molecule has 0 saturated heterocycles. The second-order valence-electron chi connectivity index (χ2n) is 19.2. The van der Waals surface area contributed by atoms with Crippen LogP contribution in [-0.4, -0.2) is 73.1 Å². The van der Waals surface area contributed by atoms with Gasteiger partial charge in [-0.25, -0.2) is 14.8 Å². The molecule has 4 saturated carbocycles. The minimum atomic E-state index is -1.05. The minimum absolute atomic E-state index is 0.0327. The number of carboxylic acid groups (broad SMARTS) is 1. The third-order valence-electron chi connectivity index (χ3n) is 15.0. The number of aromatic carboxylic acids is 1. The van der Waals surface area contributed by atoms with Crippen molar-refractivity contribution in [2.45, 2.75) is 98.4 Å². The maximum absolute atomic E-state index is 12.9. The third-order valence-corrected chi connectivity index (χ3v) is 16.0. The van der Waals surface area contributed by atoms with Gasteiger partial charge in [-0.3, -0.25) is 4.68 Å². The average molecular weight is 772 g/mol. The van der Waals surface area contributed by atoms with Gasteiger partial charge in [-0.2, -0.15) is 5.10 Å². The Hall–Kier alpha value is -4.42. The van der Waals surface area contributed by atoms with Crippen LogP contribution in [0.25, 0.3) is 21.3 Å². The van der Waals surface area contributed by atoms with Crippen LogP contribution in [0.5, 0.6) is 0 Å². The van der Waals surface area contributed by atoms with Gasteiger partial charge in [-0.1, -0.05) is 37.3 Å². The fraction of sp³-hybridized carbons (Fsp3) is 0.545. The molecule has 0 radical (unpaired) electrons. The van der Waals surface area contributed by atoms with Crippen LogP contribution in [0.15, 0.2) is 42.6 Å². The Bertz CT molecular complexity index is 2390. The van der Waals surface area contributed by atoms with Crippen LogP contribution in [0.4, 0.5) is 22.6 Å². The molecule has 5 atom stereocenters. The van der Waals surface area contributed by atoms with Crippen LogP contribution in [0, 0.1) is 40.9 Å². The van der Waals surface area contributed by atoms with E-state index in [0.717, 1.165) is 62.9 Å². The normalized spacial score (nSPS) is 29.9. The van der Waals surface area contributed by atoms with Crippen molar-refractivity contribution in [3.8, 4) is 11.1 Å². The zero-order chi connectivity index (χ0) is 38.8. The van der Waals surface area contributed by atoms with Crippen molar-refractivity contribution in [1.29, 1.82) is 0 Å². The highest BCUT2D eigenvalue weighted by molar-refractivity contribution is 7.22. The fourth-order valence-electron chi connectivity index (χ4n) is 13.7. The molecular formula is C44H53N9O2S. The number of carboxylic acids is 1. The second kappa shape index (κ2) is 12.3. The van der Waals surface area contributed by atoms with E-state index >= 15 is 0 Å². The maximum atomic E-state index is 12.9. The van der Waals surface area contributed by atoms with E-state index in [1.807, 2.05) is 41.4 Å². The number of anilines is 4. The molecule has 11 nitrogen and oxygen atoms in total. The number of hydrogen-bond donors (Lipinski definition) is 2. The Morgan fingerprint density at radius 1 is 0.982 bits per heavy atom. The lowest BCUT2D eigenvalue weighted by Gasteiger charge is -2.66. The molecule has 5 aliphatic rings. The summed E-state index contributed by atoms with van der Waals surface area (Å²) in [5.41, 5.74) is 7.48. The SMILES string of the molecule is Cc1c(Nc2nc3ccccc3s2)nnc2c1CCCN2c1ccc(-c2cnn(CC34CC5(C)CC6(CCCN(C)C)CC(C)(C3)C6(C5)C4)c2C)c(C(=O)O)n1. The first kappa shape index (κ1) is 36.0. The lowest BCUT2D eigenvalue weighted by atomic mass is 9.38. The van der Waals surface area contributed by atoms with Gasteiger partial charge >= 0.3 is 5.97 Å². The summed E-state index contributed by atoms with van der Waals surface area (Å²) in [5, 5.41) is 29.0. The Balaban J connectivity index is 0.916. The number of aromatic nitrogens is 6. The number of nitrogens with zero attached hydrogens (tertiary/aromatic N) is 8. The number of fused-ring (bicyclic) bond motifs is 4. The lowest BCUT2D eigenvalue weighted by molar-refractivity contribution is -0.173. The van der Waals surface area contributed by atoms with Crippen LogP contribution in [-0.2, 0) is 13.0 Å². The van der Waals surface area contributed by atoms with E-state index in [1.165, 1.54) is 57.9 Å². The van der Waals surface area contributed by atoms with Gasteiger partial charge in [0.05, 0.1) is 16.4 Å². The van der Waals surface area contributed by atoms with Crippen molar-refractivity contribution in [3.05, 3.63) is 65.1 Å². The van der Waals surface area contributed by atoms with Crippen molar-refractivity contribution < 1.29 is 9.90 Å². The molecular weight excluding hydrogens is 719 g/mol. The molecule has 1 aliphatic heterocycles. The summed E-state index contributed by atoms with van der Waals surface area (Å²) in [6.07, 6.45) is 14.2. The van der Waals surface area contributed by atoms with Gasteiger partial charge in [0.15, 0.2) is 22.5 Å². The summed E-state index contributed by atoms with van der Waals surface area (Å²) in [7, 11) is 4.40. The van der Waals surface area contributed by atoms with Crippen molar-refractivity contribution >= 4 is 50.1 Å². The zero-order valence-corrected chi connectivity index (χ0v) is 34.4. The first-order valence-electron chi connectivity index (χ1n) is 20.4. The fourth-order valence-corrected chi connectivity index (χ4v) is 14.5. The van der Waals surface area contributed by atoms with Crippen molar-refractivity contribution in [3.63, 3.8) is 0 Å². The van der Waals surface area contributed by atoms with Crippen LogP contribution in [0.2, 0.25) is 0 Å². The monoisotopic (exact) mass is 771 g/mol. The molecule has 12 heteroatoms. The largest absolute Gasteiger partial charge is 0.476 e. The van der Waals surface area contributed by atoms with Gasteiger partial charge in [0.2, 0.25) is 0 Å². The number of hydrogen-bond acceptors (Lipinski definition) is 10. The standard InChI is InChI=1S/C44H53N9O2S/c1-27-29-11-9-18-52(37(29)50-49-36(27)48-39-46-32-12-7-8-13-33(32)56-39)34-15-14-30(35(47-34)38(54)55)31-19-45-53(28(31)2)26-42-20-40(3)21-43(16-10-17-51(5)6)24-41(4,23-42)44(43,22-40)25-42/h7-8,12-15,19H,9-11,16-18,20-26H2,1-6H3,(H,54,55)(H,46,48,49). The van der Waals surface area contributed by atoms with E-state index in [1.54, 1.807) is 11.3 Å². The van der Waals surface area contributed by atoms with Crippen LogP contribution >= 0.6 is 11.3 Å². The molecule has 2 N–H and O–H groups in total. The summed E-state index contributed by atoms with van der Waals surface area (Å²) in [6, 6.07) is 11.9. The number of thiazole rings is 1. The van der Waals surface area contributed by atoms with Gasteiger partial charge in [-0.05, 0) is 150 Å². The summed E-state index contributed by atoms with van der Waals surface area (Å²) < 4.78 is 3.30. The second-order valence-corrected chi connectivity index (χ2v) is 20.2. The van der Waals surface area contributed by atoms with E-state index in [2.05, 4.69) is 73.0 Å². The highest BCUT2D eigenvalue weighted by atomic mass is 32.1. The van der Waals surface area contributed by atoms with Gasteiger partial charge in [0, 0.05) is 41.0 Å². The number of nitrogens with one attached hydrogen (secondary N) is 1. The van der Waals surface area contributed by atoms with Crippen molar-refractivity contribution in [1.82, 2.24) is 34.8 Å². The Morgan fingerprint density at radius 2 is 1.82 bits per heavy atom. The molecule has 3 bridgehead atoms. The first-order chi connectivity index (χ1) is 26.7. The zero-order valence-electron chi connectivity index (χ0n) is 33.6. The quantitative estimate of drug-likeness (QED) is 0.134. The van der Waals surface area contributed by atoms with E-state index < -0.39 is 5.97 Å². The van der Waals surface area contributed by atoms with Crippen molar-refractivity contribution in [2.24, 2.45) is 27.1 Å². The Labute approximate surface area is 332 Å². The molecule has 1 aromatic carbocycles. The molecule has 0 amide bonds. The molecule has 292 valence electrons. The maximum Gasteiger partial charge on any atom is 0.355 e. The highest BCUT2D eigenvalue weighted by Crippen LogP contribution is 2.92. The first-order valence-corrected chi connectivity index (χ1v) is 21.2. The molecule has 4 aliphatic carbocycles. The lowest BCUT2D eigenvalue weighted by Crippen LogP contribution is -2.58. The topological polar surface area (TPSA) is 125 Å². The van der Waals surface area contributed by atoms with E-state index in [4.69, 9.17) is 15.1 Å². The smallest absolute Gasteiger partial charge is 0.355 e. The highest BCUT2D eigenvalue weighted by Gasteiger charge is 2.83. The Morgan fingerprint density at radius 3 is 2.62 bits per heavy atom. The van der Waals surface area contributed by atoms with E-state index in [-0.39, 0.29) is 11.1 Å². The molecule has 4 aromatic heterocycles. The summed E-state index contributed by atoms with van der Waals surface area (Å²) in [5.74, 6) is 0.910. The van der Waals surface area contributed by atoms with Crippen molar-refractivity contribution in [2.75, 3.05) is 37.4 Å². The van der Waals surface area contributed by atoms with Gasteiger partial charge in [-0.15, -0.1) is 10.2 Å². The van der Waals surface area contributed by atoms with Crippen LogP contribution < -0.4 is 10.2 Å². The number of benzene rings is 1. The van der Waals surface area contributed by atoms with Gasteiger partial charge in [0.25, 0.3) is 0 Å². The number of rotatable bonds is 11. The predicted molar refractivity (Wildman–Crippen MR) is 221 cm³/mol. The number of pyridine rings is 1. The summed E-state index contributed by atoms with van der Waals surface area (Å²) in [4.78, 5) is 26.8. The predicted octanol–water partition coefficient (Wildman–Crippen LogP) is 9.20. The third kappa shape index (κ3) is 5.23. The number of carbonyl (C=O) groups is 1. The molecule has 5 aromatic rings. The average Bonchev–Trinajstić information content (AvgIpc) is 3.80.